The van der Waals surface area contributed by atoms with Gasteiger partial charge in [0.05, 0.1) is 16.7 Å². The highest BCUT2D eigenvalue weighted by Gasteiger charge is 2.38. The molecule has 4 rings (SSSR count). The maximum Gasteiger partial charge on any atom is 0.573 e. The molecule has 0 aliphatic heterocycles. The molecule has 0 N–H and O–H groups in total. The SMILES string of the molecule is CCCCCc1ccc(C(F)(F)Oc2cc(F)c(-c3ccc(C#Cc4cc(F)c(OC(F)(F)F)c(F)c4)c(F)c3)c(F)c2)c(F)c1. The van der Waals surface area contributed by atoms with Crippen molar-refractivity contribution in [1.29, 1.82) is 0 Å². The highest BCUT2D eigenvalue weighted by molar-refractivity contribution is 5.67. The molecule has 0 saturated heterocycles. The maximum absolute atomic E-state index is 14.9. The van der Waals surface area contributed by atoms with Crippen molar-refractivity contribution in [2.24, 2.45) is 0 Å². The van der Waals surface area contributed by atoms with Crippen molar-refractivity contribution in [1.82, 2.24) is 0 Å². The van der Waals surface area contributed by atoms with Gasteiger partial charge in [0.2, 0.25) is 5.75 Å². The van der Waals surface area contributed by atoms with E-state index in [4.69, 9.17) is 0 Å². The summed E-state index contributed by atoms with van der Waals surface area (Å²) in [5.74, 6) is -7.10. The number of unbranched alkanes of at least 4 members (excludes halogenated alkanes) is 2. The molecule has 0 aliphatic rings. The second kappa shape index (κ2) is 13.7. The molecule has 46 heavy (non-hydrogen) atoms. The first-order valence-corrected chi connectivity index (χ1v) is 13.5. The molecule has 0 radical (unpaired) electrons. The van der Waals surface area contributed by atoms with E-state index in [1.54, 1.807) is 0 Å². The Bertz CT molecular complexity index is 1760. The van der Waals surface area contributed by atoms with Gasteiger partial charge in [-0.2, -0.15) is 8.78 Å². The molecule has 0 atom stereocenters. The summed E-state index contributed by atoms with van der Waals surface area (Å²) in [4.78, 5) is 0. The fourth-order valence-electron chi connectivity index (χ4n) is 4.37. The predicted molar refractivity (Wildman–Crippen MR) is 145 cm³/mol. The Kier molecular flexibility index (Phi) is 10.2. The summed E-state index contributed by atoms with van der Waals surface area (Å²) in [6, 6.07) is 7.30. The first-order chi connectivity index (χ1) is 21.6. The smallest absolute Gasteiger partial charge is 0.429 e. The third kappa shape index (κ3) is 8.29. The first kappa shape index (κ1) is 34.1. The summed E-state index contributed by atoms with van der Waals surface area (Å²) < 4.78 is 161. The molecular weight excluding hydrogens is 637 g/mol. The van der Waals surface area contributed by atoms with Crippen molar-refractivity contribution in [3.05, 3.63) is 118 Å². The summed E-state index contributed by atoms with van der Waals surface area (Å²) in [5, 5.41) is 0. The van der Waals surface area contributed by atoms with Crippen LogP contribution in [-0.4, -0.2) is 6.36 Å². The fourth-order valence-corrected chi connectivity index (χ4v) is 4.37. The molecule has 0 bridgehead atoms. The minimum atomic E-state index is -5.36. The zero-order valence-electron chi connectivity index (χ0n) is 23.6. The Labute approximate surface area is 255 Å². The molecule has 4 aromatic rings. The standard InChI is InChI=1S/C33H21F11O2/c1-2-3-4-5-18-7-11-23(25(35)12-18)32(40,41)45-22-16-26(36)30(27(37)17-22)21-10-9-20(24(34)15-21)8-6-19-13-28(38)31(29(39)14-19)46-33(42,43)44/h7,9-17H,2-5H2,1H3. The average Bonchev–Trinajstić information content (AvgIpc) is 2.93. The van der Waals surface area contributed by atoms with Crippen LogP contribution in [0.15, 0.2) is 60.7 Å². The molecule has 0 unspecified atom stereocenters. The molecule has 4 aromatic carbocycles. The normalized spacial score (nSPS) is 11.7. The van der Waals surface area contributed by atoms with Gasteiger partial charge < -0.3 is 9.47 Å². The van der Waals surface area contributed by atoms with Gasteiger partial charge in [-0.1, -0.05) is 43.7 Å². The van der Waals surface area contributed by atoms with Crippen LogP contribution < -0.4 is 9.47 Å². The summed E-state index contributed by atoms with van der Waals surface area (Å²) in [6.45, 7) is 1.97. The van der Waals surface area contributed by atoms with Crippen molar-refractivity contribution in [2.45, 2.75) is 45.1 Å². The Morgan fingerprint density at radius 3 is 1.85 bits per heavy atom. The van der Waals surface area contributed by atoms with E-state index in [0.717, 1.165) is 43.5 Å². The number of aryl methyl sites for hydroxylation is 1. The second-order valence-corrected chi connectivity index (χ2v) is 9.91. The van der Waals surface area contributed by atoms with Crippen LogP contribution in [0.5, 0.6) is 11.5 Å². The highest BCUT2D eigenvalue weighted by atomic mass is 19.4. The molecule has 0 amide bonds. The van der Waals surface area contributed by atoms with Crippen LogP contribution in [0.4, 0.5) is 48.3 Å². The zero-order chi connectivity index (χ0) is 33.8. The summed E-state index contributed by atoms with van der Waals surface area (Å²) >= 11 is 0. The minimum absolute atomic E-state index is 0.396. The molecule has 0 aromatic heterocycles. The second-order valence-electron chi connectivity index (χ2n) is 9.91. The highest BCUT2D eigenvalue weighted by Crippen LogP contribution is 2.37. The van der Waals surface area contributed by atoms with Crippen molar-refractivity contribution >= 4 is 0 Å². The number of hydrogen-bond donors (Lipinski definition) is 0. The fraction of sp³-hybridized carbons (Fsp3) is 0.212. The van der Waals surface area contributed by atoms with E-state index in [9.17, 15) is 48.3 Å². The van der Waals surface area contributed by atoms with Crippen molar-refractivity contribution in [3.63, 3.8) is 0 Å². The molecule has 13 heteroatoms. The minimum Gasteiger partial charge on any atom is -0.429 e. The van der Waals surface area contributed by atoms with Gasteiger partial charge in [0.1, 0.15) is 29.0 Å². The first-order valence-electron chi connectivity index (χ1n) is 13.5. The lowest BCUT2D eigenvalue weighted by Crippen LogP contribution is -2.23. The van der Waals surface area contributed by atoms with Gasteiger partial charge >= 0.3 is 12.5 Å². The Morgan fingerprint density at radius 1 is 0.630 bits per heavy atom. The van der Waals surface area contributed by atoms with Crippen molar-refractivity contribution < 1.29 is 57.8 Å². The van der Waals surface area contributed by atoms with E-state index in [1.165, 1.54) is 6.07 Å². The Morgan fingerprint density at radius 2 is 1.28 bits per heavy atom. The van der Waals surface area contributed by atoms with E-state index in [1.807, 2.05) is 6.92 Å². The number of ether oxygens (including phenoxy) is 2. The van der Waals surface area contributed by atoms with Crippen LogP contribution in [0.25, 0.3) is 11.1 Å². The van der Waals surface area contributed by atoms with Gasteiger partial charge in [0.15, 0.2) is 11.6 Å². The lowest BCUT2D eigenvalue weighted by atomic mass is 10.0. The van der Waals surface area contributed by atoms with Crippen molar-refractivity contribution in [3.8, 4) is 34.5 Å². The lowest BCUT2D eigenvalue weighted by molar-refractivity contribution is -0.276. The van der Waals surface area contributed by atoms with Crippen LogP contribution in [-0.2, 0) is 12.5 Å². The van der Waals surface area contributed by atoms with Gasteiger partial charge in [-0.25, -0.2) is 26.3 Å². The van der Waals surface area contributed by atoms with Gasteiger partial charge in [-0.05, 0) is 60.4 Å². The van der Waals surface area contributed by atoms with Gasteiger partial charge in [-0.3, -0.25) is 0 Å². The van der Waals surface area contributed by atoms with Crippen LogP contribution >= 0.6 is 0 Å². The predicted octanol–water partition coefficient (Wildman–Crippen LogP) is 10.3. The van der Waals surface area contributed by atoms with Crippen LogP contribution in [0, 0.1) is 46.7 Å². The van der Waals surface area contributed by atoms with Crippen LogP contribution in [0.3, 0.4) is 0 Å². The molecule has 242 valence electrons. The largest absolute Gasteiger partial charge is 0.573 e. The van der Waals surface area contributed by atoms with E-state index in [0.29, 0.717) is 42.3 Å². The van der Waals surface area contributed by atoms with E-state index in [-0.39, 0.29) is 0 Å². The summed E-state index contributed by atoms with van der Waals surface area (Å²) in [6.07, 6.45) is -6.69. The van der Waals surface area contributed by atoms with Gasteiger partial charge in [0, 0.05) is 17.7 Å². The zero-order valence-corrected chi connectivity index (χ0v) is 23.6. The molecule has 0 heterocycles. The van der Waals surface area contributed by atoms with Crippen LogP contribution in [0.2, 0.25) is 0 Å². The number of alkyl halides is 5. The maximum atomic E-state index is 14.9. The number of rotatable bonds is 9. The summed E-state index contributed by atoms with van der Waals surface area (Å²) in [7, 11) is 0. The molecule has 0 spiro atoms. The monoisotopic (exact) mass is 658 g/mol. The van der Waals surface area contributed by atoms with E-state index < -0.39 is 86.7 Å². The molecule has 0 fully saturated rings. The van der Waals surface area contributed by atoms with E-state index >= 15 is 0 Å². The third-order valence-corrected chi connectivity index (χ3v) is 6.49. The molecular formula is C33H21F11O2. The number of hydrogen-bond acceptors (Lipinski definition) is 2. The van der Waals surface area contributed by atoms with Crippen LogP contribution in [0.1, 0.15) is 48.4 Å². The quantitative estimate of drug-likeness (QED) is 0.101. The lowest BCUT2D eigenvalue weighted by Gasteiger charge is -2.20. The Hall–Kier alpha value is -4.73. The van der Waals surface area contributed by atoms with Crippen molar-refractivity contribution in [2.75, 3.05) is 0 Å². The Balaban J connectivity index is 1.54. The van der Waals surface area contributed by atoms with E-state index in [2.05, 4.69) is 21.3 Å². The average molecular weight is 659 g/mol. The topological polar surface area (TPSA) is 18.5 Å². The van der Waals surface area contributed by atoms with Gasteiger partial charge in [-0.15, -0.1) is 13.2 Å². The number of benzene rings is 4. The molecule has 2 nitrogen and oxygen atoms in total. The number of halogens is 11. The molecule has 0 saturated carbocycles. The molecule has 0 aliphatic carbocycles. The summed E-state index contributed by atoms with van der Waals surface area (Å²) in [5.41, 5.74) is -2.80. The third-order valence-electron chi connectivity index (χ3n) is 6.49. The van der Waals surface area contributed by atoms with Gasteiger partial charge in [0.25, 0.3) is 0 Å².